The lowest BCUT2D eigenvalue weighted by Crippen LogP contribution is -2.17. The van der Waals surface area contributed by atoms with E-state index in [1.807, 2.05) is 17.8 Å². The zero-order chi connectivity index (χ0) is 13.9. The summed E-state index contributed by atoms with van der Waals surface area (Å²) in [4.78, 5) is 9.15. The van der Waals surface area contributed by atoms with Gasteiger partial charge in [-0.05, 0) is 45.1 Å². The highest BCUT2D eigenvalue weighted by Gasteiger charge is 2.16. The number of anilines is 1. The number of hydrogen-bond donors (Lipinski definition) is 1. The predicted octanol–water partition coefficient (Wildman–Crippen LogP) is 2.28. The second kappa shape index (κ2) is 5.61. The van der Waals surface area contributed by atoms with E-state index in [9.17, 15) is 0 Å². The van der Waals surface area contributed by atoms with Gasteiger partial charge >= 0.3 is 0 Å². The molecule has 5 heteroatoms. The van der Waals surface area contributed by atoms with Crippen LogP contribution in [0.5, 0.6) is 0 Å². The van der Waals surface area contributed by atoms with Crippen LogP contribution in [0.2, 0.25) is 0 Å². The van der Waals surface area contributed by atoms with Crippen molar-refractivity contribution in [3.8, 4) is 0 Å². The molecule has 0 aromatic carbocycles. The van der Waals surface area contributed by atoms with Crippen LogP contribution in [0.1, 0.15) is 35.5 Å². The number of aryl methyl sites for hydroxylation is 3. The minimum absolute atomic E-state index is 0.837. The Morgan fingerprint density at radius 3 is 2.85 bits per heavy atom. The molecule has 3 rings (SSSR count). The van der Waals surface area contributed by atoms with Crippen molar-refractivity contribution in [1.82, 2.24) is 19.7 Å². The molecule has 2 heterocycles. The Morgan fingerprint density at radius 1 is 1.20 bits per heavy atom. The predicted molar refractivity (Wildman–Crippen MR) is 78.9 cm³/mol. The summed E-state index contributed by atoms with van der Waals surface area (Å²) in [6.07, 6.45) is 8.62. The molecular formula is C15H21N5. The molecule has 0 bridgehead atoms. The number of hydrogen-bond acceptors (Lipinski definition) is 4. The maximum atomic E-state index is 4.58. The molecule has 1 aliphatic carbocycles. The highest BCUT2D eigenvalue weighted by Crippen LogP contribution is 2.25. The first-order valence-electron chi connectivity index (χ1n) is 7.32. The molecule has 0 spiro atoms. The first-order chi connectivity index (χ1) is 9.72. The summed E-state index contributed by atoms with van der Waals surface area (Å²) in [7, 11) is 0. The van der Waals surface area contributed by atoms with Gasteiger partial charge in [0.2, 0.25) is 0 Å². The van der Waals surface area contributed by atoms with Crippen LogP contribution in [-0.4, -0.2) is 26.3 Å². The normalized spacial score (nSPS) is 14.1. The third-order valence-electron chi connectivity index (χ3n) is 3.69. The molecule has 0 aliphatic heterocycles. The highest BCUT2D eigenvalue weighted by atomic mass is 15.3. The summed E-state index contributed by atoms with van der Waals surface area (Å²) in [5.74, 6) is 1.89. The zero-order valence-electron chi connectivity index (χ0n) is 12.2. The van der Waals surface area contributed by atoms with Crippen LogP contribution in [0.15, 0.2) is 12.4 Å². The Bertz CT molecular complexity index is 602. The Hall–Kier alpha value is -1.91. The van der Waals surface area contributed by atoms with E-state index in [-0.39, 0.29) is 0 Å². The van der Waals surface area contributed by atoms with Gasteiger partial charge in [0, 0.05) is 24.0 Å². The monoisotopic (exact) mass is 271 g/mol. The number of fused-ring (bicyclic) bond motifs is 1. The molecule has 2 aromatic heterocycles. The lowest BCUT2D eigenvalue weighted by molar-refractivity contribution is 0.631. The molecule has 1 aliphatic rings. The van der Waals surface area contributed by atoms with Gasteiger partial charge in [0.05, 0.1) is 12.7 Å². The van der Waals surface area contributed by atoms with Crippen LogP contribution in [-0.2, 0) is 19.4 Å². The van der Waals surface area contributed by atoms with Crippen molar-refractivity contribution in [2.75, 3.05) is 11.9 Å². The second-order valence-corrected chi connectivity index (χ2v) is 5.46. The average molecular weight is 271 g/mol. The molecule has 106 valence electrons. The fourth-order valence-electron chi connectivity index (χ4n) is 2.74. The third-order valence-corrected chi connectivity index (χ3v) is 3.69. The van der Waals surface area contributed by atoms with Crippen molar-refractivity contribution >= 4 is 5.82 Å². The average Bonchev–Trinajstić information content (AvgIpc) is 2.84. The summed E-state index contributed by atoms with van der Waals surface area (Å²) in [6, 6.07) is 0. The molecule has 0 amide bonds. The summed E-state index contributed by atoms with van der Waals surface area (Å²) in [5, 5.41) is 7.76. The van der Waals surface area contributed by atoms with E-state index in [1.54, 1.807) is 0 Å². The molecule has 0 saturated carbocycles. The van der Waals surface area contributed by atoms with E-state index >= 15 is 0 Å². The summed E-state index contributed by atoms with van der Waals surface area (Å²) in [5.41, 5.74) is 3.75. The van der Waals surface area contributed by atoms with Crippen LogP contribution >= 0.6 is 0 Å². The van der Waals surface area contributed by atoms with Crippen LogP contribution < -0.4 is 5.32 Å². The molecule has 1 N–H and O–H groups in total. The van der Waals surface area contributed by atoms with E-state index in [1.165, 1.54) is 29.7 Å². The number of aromatic nitrogens is 4. The number of nitrogens with zero attached hydrogens (tertiary/aromatic N) is 4. The van der Waals surface area contributed by atoms with Crippen molar-refractivity contribution in [3.63, 3.8) is 0 Å². The molecule has 0 saturated heterocycles. The van der Waals surface area contributed by atoms with Gasteiger partial charge in [-0.2, -0.15) is 5.10 Å². The van der Waals surface area contributed by atoms with E-state index in [2.05, 4.69) is 33.5 Å². The van der Waals surface area contributed by atoms with Gasteiger partial charge in [0.15, 0.2) is 0 Å². The Morgan fingerprint density at radius 2 is 2.05 bits per heavy atom. The van der Waals surface area contributed by atoms with E-state index in [0.29, 0.717) is 0 Å². The quantitative estimate of drug-likeness (QED) is 0.927. The summed E-state index contributed by atoms with van der Waals surface area (Å²) < 4.78 is 1.96. The van der Waals surface area contributed by atoms with E-state index < -0.39 is 0 Å². The Kier molecular flexibility index (Phi) is 3.67. The highest BCUT2D eigenvalue weighted by molar-refractivity contribution is 5.47. The van der Waals surface area contributed by atoms with Gasteiger partial charge in [-0.3, -0.25) is 4.68 Å². The van der Waals surface area contributed by atoms with Crippen LogP contribution in [0.25, 0.3) is 0 Å². The largest absolute Gasteiger partial charge is 0.368 e. The molecule has 2 aromatic rings. The fraction of sp³-hybridized carbons (Fsp3) is 0.533. The maximum absolute atomic E-state index is 4.58. The summed E-state index contributed by atoms with van der Waals surface area (Å²) in [6.45, 7) is 5.72. The first kappa shape index (κ1) is 13.1. The molecule has 5 nitrogen and oxygen atoms in total. The van der Waals surface area contributed by atoms with Gasteiger partial charge in [-0.15, -0.1) is 0 Å². The maximum Gasteiger partial charge on any atom is 0.133 e. The smallest absolute Gasteiger partial charge is 0.133 e. The zero-order valence-corrected chi connectivity index (χ0v) is 12.2. The van der Waals surface area contributed by atoms with Gasteiger partial charge in [0.25, 0.3) is 0 Å². The van der Waals surface area contributed by atoms with Crippen LogP contribution in [0.4, 0.5) is 5.82 Å². The molecular weight excluding hydrogens is 250 g/mol. The van der Waals surface area contributed by atoms with Crippen molar-refractivity contribution in [1.29, 1.82) is 0 Å². The van der Waals surface area contributed by atoms with Gasteiger partial charge < -0.3 is 5.32 Å². The van der Waals surface area contributed by atoms with Crippen molar-refractivity contribution in [2.24, 2.45) is 0 Å². The molecule has 0 fully saturated rings. The number of rotatable bonds is 4. The first-order valence-corrected chi connectivity index (χ1v) is 7.32. The van der Waals surface area contributed by atoms with Crippen LogP contribution in [0.3, 0.4) is 0 Å². The number of nitrogens with one attached hydrogen (secondary N) is 1. The lowest BCUT2D eigenvalue weighted by atomic mass is 9.96. The molecule has 20 heavy (non-hydrogen) atoms. The second-order valence-electron chi connectivity index (χ2n) is 5.46. The third kappa shape index (κ3) is 2.81. The Labute approximate surface area is 119 Å². The topological polar surface area (TPSA) is 55.6 Å². The van der Waals surface area contributed by atoms with Crippen molar-refractivity contribution in [2.45, 2.75) is 46.1 Å². The van der Waals surface area contributed by atoms with Gasteiger partial charge in [0.1, 0.15) is 11.6 Å². The lowest BCUT2D eigenvalue weighted by Gasteiger charge is -2.19. The molecule has 0 radical (unpaired) electrons. The minimum atomic E-state index is 0.837. The van der Waals surface area contributed by atoms with Crippen molar-refractivity contribution < 1.29 is 0 Å². The van der Waals surface area contributed by atoms with Crippen molar-refractivity contribution in [3.05, 3.63) is 35.0 Å². The SMILES string of the molecule is Cc1cnn(CCNc2nc(C)nc3c2CCCC3)c1. The summed E-state index contributed by atoms with van der Waals surface area (Å²) >= 11 is 0. The van der Waals surface area contributed by atoms with E-state index in [0.717, 1.165) is 37.6 Å². The minimum Gasteiger partial charge on any atom is -0.368 e. The molecule has 0 unspecified atom stereocenters. The van der Waals surface area contributed by atoms with Crippen LogP contribution in [0, 0.1) is 13.8 Å². The van der Waals surface area contributed by atoms with Gasteiger partial charge in [-0.25, -0.2) is 9.97 Å². The van der Waals surface area contributed by atoms with E-state index in [4.69, 9.17) is 0 Å². The molecule has 0 atom stereocenters. The standard InChI is InChI=1S/C15H21N5/c1-11-9-17-20(10-11)8-7-16-15-13-5-3-4-6-14(13)18-12(2)19-15/h9-10H,3-8H2,1-2H3,(H,16,18,19). The Balaban J connectivity index is 1.69. The van der Waals surface area contributed by atoms with Gasteiger partial charge in [-0.1, -0.05) is 0 Å². The fourth-order valence-corrected chi connectivity index (χ4v) is 2.74.